The van der Waals surface area contributed by atoms with Crippen molar-refractivity contribution in [2.45, 2.75) is 25.5 Å². The van der Waals surface area contributed by atoms with Crippen molar-refractivity contribution in [2.75, 3.05) is 12.8 Å². The molecule has 0 saturated heterocycles. The van der Waals surface area contributed by atoms with Gasteiger partial charge in [0, 0.05) is 7.05 Å². The first-order valence-corrected chi connectivity index (χ1v) is 11.8. The zero-order chi connectivity index (χ0) is 23.8. The lowest BCUT2D eigenvalue weighted by atomic mass is 10.1. The summed E-state index contributed by atoms with van der Waals surface area (Å²) < 4.78 is 8.78. The average Bonchev–Trinajstić information content (AvgIpc) is 3.49. The minimum atomic E-state index is -0.159. The van der Waals surface area contributed by atoms with Crippen molar-refractivity contribution in [2.24, 2.45) is 0 Å². The van der Waals surface area contributed by atoms with E-state index in [1.54, 1.807) is 34.9 Å². The van der Waals surface area contributed by atoms with E-state index in [0.717, 1.165) is 22.6 Å². The average molecular weight is 474 g/mol. The Hall–Kier alpha value is -3.85. The van der Waals surface area contributed by atoms with Gasteiger partial charge in [0.2, 0.25) is 11.7 Å². The second-order valence-corrected chi connectivity index (χ2v) is 9.13. The summed E-state index contributed by atoms with van der Waals surface area (Å²) in [6.45, 7) is 4.38. The predicted molar refractivity (Wildman–Crippen MR) is 131 cm³/mol. The summed E-state index contributed by atoms with van der Waals surface area (Å²) >= 11 is 1.29. The fourth-order valence-corrected chi connectivity index (χ4v) is 4.89. The third kappa shape index (κ3) is 3.88. The third-order valence-electron chi connectivity index (χ3n) is 5.71. The van der Waals surface area contributed by atoms with Crippen LogP contribution in [0, 0.1) is 13.8 Å². The van der Waals surface area contributed by atoms with Gasteiger partial charge in [-0.1, -0.05) is 41.6 Å². The lowest BCUT2D eigenvalue weighted by Crippen LogP contribution is -2.27. The molecule has 0 aliphatic rings. The van der Waals surface area contributed by atoms with Crippen LogP contribution >= 0.6 is 11.8 Å². The Morgan fingerprint density at radius 1 is 1.09 bits per heavy atom. The van der Waals surface area contributed by atoms with Gasteiger partial charge in [-0.2, -0.15) is 0 Å². The number of rotatable bonds is 6. The Morgan fingerprint density at radius 2 is 1.91 bits per heavy atom. The molecule has 172 valence electrons. The summed E-state index contributed by atoms with van der Waals surface area (Å²) in [7, 11) is 1.74. The molecule has 0 N–H and O–H groups in total. The van der Waals surface area contributed by atoms with E-state index < -0.39 is 0 Å². The summed E-state index contributed by atoms with van der Waals surface area (Å²) in [5.74, 6) is 1.24. The molecule has 3 aromatic heterocycles. The summed E-state index contributed by atoms with van der Waals surface area (Å²) in [6.07, 6.45) is 1.59. The summed E-state index contributed by atoms with van der Waals surface area (Å²) in [6, 6.07) is 16.9. The van der Waals surface area contributed by atoms with Gasteiger partial charge in [-0.05, 0) is 49.7 Å². The van der Waals surface area contributed by atoms with Gasteiger partial charge < -0.3 is 9.32 Å². The van der Waals surface area contributed by atoms with Crippen molar-refractivity contribution in [1.29, 1.82) is 0 Å². The number of furan rings is 1. The Labute approximate surface area is 199 Å². The molecular weight excluding hydrogens is 450 g/mol. The highest BCUT2D eigenvalue weighted by molar-refractivity contribution is 7.99. The molecule has 1 amide bonds. The van der Waals surface area contributed by atoms with Crippen LogP contribution in [0.15, 0.2) is 75.2 Å². The van der Waals surface area contributed by atoms with Crippen molar-refractivity contribution in [3.63, 3.8) is 0 Å². The Balaban J connectivity index is 1.56. The molecule has 34 heavy (non-hydrogen) atoms. The highest BCUT2D eigenvalue weighted by atomic mass is 32.2. The van der Waals surface area contributed by atoms with Crippen LogP contribution in [-0.4, -0.2) is 42.8 Å². The Bertz CT molecular complexity index is 1570. The number of aromatic nitrogens is 4. The number of thioether (sulfide) groups is 1. The monoisotopic (exact) mass is 473 g/mol. The Kier molecular flexibility index (Phi) is 5.70. The molecule has 2 aromatic carbocycles. The maximum absolute atomic E-state index is 13.5. The van der Waals surface area contributed by atoms with E-state index in [1.165, 1.54) is 11.8 Å². The van der Waals surface area contributed by atoms with Crippen molar-refractivity contribution < 1.29 is 9.21 Å². The van der Waals surface area contributed by atoms with Gasteiger partial charge in [-0.3, -0.25) is 14.0 Å². The van der Waals surface area contributed by atoms with Crippen molar-refractivity contribution in [1.82, 2.24) is 24.1 Å². The SMILES string of the molecule is Cc1ccc(-n2c(=O)c3ccccc3n3c(SCC(=O)N(C)Cc4ccco4)nnc23)c(C)c1. The molecule has 0 saturated carbocycles. The molecule has 0 atom stereocenters. The first-order chi connectivity index (χ1) is 16.4. The number of aryl methyl sites for hydroxylation is 2. The number of amides is 1. The maximum atomic E-state index is 13.5. The lowest BCUT2D eigenvalue weighted by Gasteiger charge is -2.15. The molecule has 8 nitrogen and oxygen atoms in total. The van der Waals surface area contributed by atoms with E-state index in [9.17, 15) is 9.59 Å². The molecule has 0 aliphatic heterocycles. The van der Waals surface area contributed by atoms with Crippen LogP contribution in [0.1, 0.15) is 16.9 Å². The van der Waals surface area contributed by atoms with Crippen molar-refractivity contribution in [3.05, 3.63) is 88.1 Å². The van der Waals surface area contributed by atoms with Crippen LogP contribution in [0.2, 0.25) is 0 Å². The molecule has 0 radical (unpaired) electrons. The fraction of sp³-hybridized carbons (Fsp3) is 0.200. The van der Waals surface area contributed by atoms with Crippen LogP contribution in [0.4, 0.5) is 0 Å². The molecule has 3 heterocycles. The number of para-hydroxylation sites is 1. The van der Waals surface area contributed by atoms with Gasteiger partial charge in [-0.15, -0.1) is 10.2 Å². The van der Waals surface area contributed by atoms with Gasteiger partial charge in [-0.25, -0.2) is 4.57 Å². The second kappa shape index (κ2) is 8.83. The Morgan fingerprint density at radius 3 is 2.68 bits per heavy atom. The van der Waals surface area contributed by atoms with E-state index in [4.69, 9.17) is 4.42 Å². The van der Waals surface area contributed by atoms with Crippen molar-refractivity contribution in [3.8, 4) is 5.69 Å². The number of nitrogens with zero attached hydrogens (tertiary/aromatic N) is 5. The lowest BCUT2D eigenvalue weighted by molar-refractivity contribution is -0.127. The first-order valence-electron chi connectivity index (χ1n) is 10.8. The molecular formula is C25H23N5O3S. The molecule has 5 aromatic rings. The van der Waals surface area contributed by atoms with E-state index in [1.807, 2.05) is 60.7 Å². The van der Waals surface area contributed by atoms with E-state index in [2.05, 4.69) is 10.2 Å². The molecule has 0 bridgehead atoms. The zero-order valence-electron chi connectivity index (χ0n) is 19.1. The minimum absolute atomic E-state index is 0.0647. The number of carbonyl (C=O) groups excluding carboxylic acids is 1. The molecule has 9 heteroatoms. The number of benzene rings is 2. The van der Waals surface area contributed by atoms with E-state index >= 15 is 0 Å². The number of hydrogen-bond donors (Lipinski definition) is 0. The summed E-state index contributed by atoms with van der Waals surface area (Å²) in [4.78, 5) is 27.8. The van der Waals surface area contributed by atoms with Crippen LogP contribution in [0.5, 0.6) is 0 Å². The molecule has 0 spiro atoms. The smallest absolute Gasteiger partial charge is 0.267 e. The predicted octanol–water partition coefficient (Wildman–Crippen LogP) is 3.99. The minimum Gasteiger partial charge on any atom is -0.467 e. The van der Waals surface area contributed by atoms with Crippen LogP contribution in [0.25, 0.3) is 22.4 Å². The number of fused-ring (bicyclic) bond motifs is 3. The quantitative estimate of drug-likeness (QED) is 0.347. The fourth-order valence-electron chi connectivity index (χ4n) is 4.01. The van der Waals surface area contributed by atoms with Crippen LogP contribution in [-0.2, 0) is 11.3 Å². The standard InChI is InChI=1S/C25H23N5O3S/c1-16-10-11-20(17(2)13-16)29-23(32)19-8-4-5-9-21(19)30-24(29)26-27-25(30)34-15-22(31)28(3)14-18-7-6-12-33-18/h4-13H,14-15H2,1-3H3. The highest BCUT2D eigenvalue weighted by Gasteiger charge is 2.20. The largest absolute Gasteiger partial charge is 0.467 e. The second-order valence-electron chi connectivity index (χ2n) is 8.18. The third-order valence-corrected chi connectivity index (χ3v) is 6.63. The first kappa shape index (κ1) is 22.0. The summed E-state index contributed by atoms with van der Waals surface area (Å²) in [5.41, 5.74) is 3.37. The number of carbonyl (C=O) groups is 1. The molecule has 0 unspecified atom stereocenters. The number of hydrogen-bond acceptors (Lipinski definition) is 6. The maximum Gasteiger partial charge on any atom is 0.267 e. The van der Waals surface area contributed by atoms with Gasteiger partial charge in [0.1, 0.15) is 5.76 Å². The van der Waals surface area contributed by atoms with Crippen LogP contribution < -0.4 is 5.56 Å². The van der Waals surface area contributed by atoms with Gasteiger partial charge in [0.05, 0.1) is 35.2 Å². The highest BCUT2D eigenvalue weighted by Crippen LogP contribution is 2.25. The molecule has 5 rings (SSSR count). The summed E-state index contributed by atoms with van der Waals surface area (Å²) in [5, 5.41) is 9.82. The van der Waals surface area contributed by atoms with E-state index in [-0.39, 0.29) is 17.2 Å². The zero-order valence-corrected chi connectivity index (χ0v) is 19.9. The van der Waals surface area contributed by atoms with Crippen LogP contribution in [0.3, 0.4) is 0 Å². The molecule has 0 fully saturated rings. The van der Waals surface area contributed by atoms with Gasteiger partial charge >= 0.3 is 0 Å². The van der Waals surface area contributed by atoms with Gasteiger partial charge in [0.25, 0.3) is 5.56 Å². The van der Waals surface area contributed by atoms with E-state index in [0.29, 0.717) is 28.4 Å². The van der Waals surface area contributed by atoms with Gasteiger partial charge in [0.15, 0.2) is 5.16 Å². The molecule has 0 aliphatic carbocycles. The van der Waals surface area contributed by atoms with Crippen molar-refractivity contribution >= 4 is 34.3 Å². The topological polar surface area (TPSA) is 85.6 Å². The normalized spacial score (nSPS) is 11.4.